The zero-order valence-electron chi connectivity index (χ0n) is 9.78. The number of aryl methyl sites for hydroxylation is 1. The summed E-state index contributed by atoms with van der Waals surface area (Å²) in [6.45, 7) is 2.50. The summed E-state index contributed by atoms with van der Waals surface area (Å²) < 4.78 is 0. The van der Waals surface area contributed by atoms with Crippen molar-refractivity contribution in [2.24, 2.45) is 0 Å². The lowest BCUT2D eigenvalue weighted by Crippen LogP contribution is -2.29. The summed E-state index contributed by atoms with van der Waals surface area (Å²) in [5.74, 6) is 0. The van der Waals surface area contributed by atoms with Crippen molar-refractivity contribution in [3.8, 4) is 0 Å². The van der Waals surface area contributed by atoms with Gasteiger partial charge in [0, 0.05) is 24.4 Å². The van der Waals surface area contributed by atoms with Gasteiger partial charge in [-0.1, -0.05) is 30.3 Å². The van der Waals surface area contributed by atoms with Crippen molar-refractivity contribution in [2.75, 3.05) is 13.1 Å². The van der Waals surface area contributed by atoms with E-state index < -0.39 is 0 Å². The van der Waals surface area contributed by atoms with Gasteiger partial charge >= 0.3 is 0 Å². The highest BCUT2D eigenvalue weighted by Gasteiger charge is 2.18. The third kappa shape index (κ3) is 1.75. The maximum Gasteiger partial charge on any atom is 0.0402 e. The number of fused-ring (bicyclic) bond motifs is 1. The number of allylic oxidation sites excluding steroid dienone is 1. The zero-order chi connectivity index (χ0) is 10.8. The van der Waals surface area contributed by atoms with Gasteiger partial charge in [-0.15, -0.1) is 0 Å². The highest BCUT2D eigenvalue weighted by molar-refractivity contribution is 5.68. The normalized spacial score (nSPS) is 20.2. The standard InChI is InChI=1S/C15H19N/c1-4-11-16(12-5-1)15-10-6-8-13-7-2-3-9-14(13)15/h2-3,7,9-10H,1,4-6,8,11-12H2. The van der Waals surface area contributed by atoms with Gasteiger partial charge in [0.25, 0.3) is 0 Å². The first-order chi connectivity index (χ1) is 7.95. The van der Waals surface area contributed by atoms with Crippen molar-refractivity contribution in [3.05, 3.63) is 41.5 Å². The van der Waals surface area contributed by atoms with Crippen LogP contribution in [0, 0.1) is 0 Å². The van der Waals surface area contributed by atoms with Crippen molar-refractivity contribution in [1.82, 2.24) is 4.90 Å². The molecule has 1 aliphatic carbocycles. The van der Waals surface area contributed by atoms with Crippen LogP contribution in [-0.2, 0) is 6.42 Å². The molecule has 1 fully saturated rings. The summed E-state index contributed by atoms with van der Waals surface area (Å²) >= 11 is 0. The monoisotopic (exact) mass is 213 g/mol. The molecule has 0 unspecified atom stereocenters. The van der Waals surface area contributed by atoms with Gasteiger partial charge < -0.3 is 4.90 Å². The number of benzene rings is 1. The predicted molar refractivity (Wildman–Crippen MR) is 68.2 cm³/mol. The van der Waals surface area contributed by atoms with Crippen LogP contribution in [0.5, 0.6) is 0 Å². The summed E-state index contributed by atoms with van der Waals surface area (Å²) in [5, 5.41) is 0. The fourth-order valence-corrected chi connectivity index (χ4v) is 2.90. The number of piperidine rings is 1. The van der Waals surface area contributed by atoms with Gasteiger partial charge in [0.15, 0.2) is 0 Å². The maximum absolute atomic E-state index is 2.58. The first kappa shape index (κ1) is 9.95. The molecule has 16 heavy (non-hydrogen) atoms. The minimum atomic E-state index is 1.21. The minimum Gasteiger partial charge on any atom is -0.371 e. The van der Waals surface area contributed by atoms with Crippen LogP contribution in [0.3, 0.4) is 0 Å². The van der Waals surface area contributed by atoms with Crippen LogP contribution in [-0.4, -0.2) is 18.0 Å². The van der Waals surface area contributed by atoms with E-state index in [1.165, 1.54) is 62.0 Å². The summed E-state index contributed by atoms with van der Waals surface area (Å²) in [5.41, 5.74) is 4.52. The van der Waals surface area contributed by atoms with Crippen LogP contribution in [0.4, 0.5) is 0 Å². The molecular weight excluding hydrogens is 194 g/mol. The molecule has 2 aliphatic rings. The van der Waals surface area contributed by atoms with Crippen molar-refractivity contribution in [2.45, 2.75) is 32.1 Å². The Balaban J connectivity index is 1.92. The van der Waals surface area contributed by atoms with Crippen LogP contribution in [0.15, 0.2) is 30.3 Å². The highest BCUT2D eigenvalue weighted by atomic mass is 15.1. The van der Waals surface area contributed by atoms with Crippen molar-refractivity contribution in [3.63, 3.8) is 0 Å². The predicted octanol–water partition coefficient (Wildman–Crippen LogP) is 3.46. The third-order valence-corrected chi connectivity index (χ3v) is 3.74. The molecule has 0 aromatic heterocycles. The molecule has 1 saturated heterocycles. The highest BCUT2D eigenvalue weighted by Crippen LogP contribution is 2.30. The second-order valence-corrected chi connectivity index (χ2v) is 4.83. The Morgan fingerprint density at radius 1 is 0.938 bits per heavy atom. The van der Waals surface area contributed by atoms with Crippen LogP contribution in [0.2, 0.25) is 0 Å². The SMILES string of the molecule is C1=C(N2CCCCC2)c2ccccc2CC1. The molecule has 1 heteroatoms. The van der Waals surface area contributed by atoms with E-state index in [0.717, 1.165) is 0 Å². The Morgan fingerprint density at radius 2 is 1.75 bits per heavy atom. The van der Waals surface area contributed by atoms with Gasteiger partial charge in [-0.05, 0) is 37.7 Å². The molecular formula is C15H19N. The first-order valence-electron chi connectivity index (χ1n) is 6.48. The van der Waals surface area contributed by atoms with Gasteiger partial charge in [-0.3, -0.25) is 0 Å². The van der Waals surface area contributed by atoms with E-state index in [1.54, 1.807) is 0 Å². The fourth-order valence-electron chi connectivity index (χ4n) is 2.90. The van der Waals surface area contributed by atoms with Gasteiger partial charge in [0.05, 0.1) is 0 Å². The van der Waals surface area contributed by atoms with Crippen LogP contribution < -0.4 is 0 Å². The van der Waals surface area contributed by atoms with E-state index >= 15 is 0 Å². The van der Waals surface area contributed by atoms with Crippen LogP contribution in [0.1, 0.15) is 36.8 Å². The molecule has 0 radical (unpaired) electrons. The summed E-state index contributed by atoms with van der Waals surface area (Å²) in [6, 6.07) is 8.90. The number of rotatable bonds is 1. The van der Waals surface area contributed by atoms with E-state index in [-0.39, 0.29) is 0 Å². The van der Waals surface area contributed by atoms with E-state index in [0.29, 0.717) is 0 Å². The van der Waals surface area contributed by atoms with Crippen molar-refractivity contribution in [1.29, 1.82) is 0 Å². The van der Waals surface area contributed by atoms with Gasteiger partial charge in [0.1, 0.15) is 0 Å². The largest absolute Gasteiger partial charge is 0.371 e. The Kier molecular flexibility index (Phi) is 2.69. The van der Waals surface area contributed by atoms with E-state index in [1.807, 2.05) is 0 Å². The molecule has 0 saturated carbocycles. The molecule has 1 aliphatic heterocycles. The molecule has 3 rings (SSSR count). The smallest absolute Gasteiger partial charge is 0.0402 e. The lowest BCUT2D eigenvalue weighted by molar-refractivity contribution is 0.324. The molecule has 0 atom stereocenters. The second-order valence-electron chi connectivity index (χ2n) is 4.83. The number of likely N-dealkylation sites (tertiary alicyclic amines) is 1. The van der Waals surface area contributed by atoms with Crippen LogP contribution >= 0.6 is 0 Å². The molecule has 0 amide bonds. The zero-order valence-corrected chi connectivity index (χ0v) is 9.78. The summed E-state index contributed by atoms with van der Waals surface area (Å²) in [6.07, 6.45) is 8.99. The van der Waals surface area contributed by atoms with E-state index in [4.69, 9.17) is 0 Å². The third-order valence-electron chi connectivity index (χ3n) is 3.74. The van der Waals surface area contributed by atoms with Gasteiger partial charge in [0.2, 0.25) is 0 Å². The molecule has 1 nitrogen and oxygen atoms in total. The summed E-state index contributed by atoms with van der Waals surface area (Å²) in [7, 11) is 0. The topological polar surface area (TPSA) is 3.24 Å². The molecule has 0 N–H and O–H groups in total. The van der Waals surface area contributed by atoms with Crippen LogP contribution in [0.25, 0.3) is 5.70 Å². The molecule has 0 bridgehead atoms. The molecule has 1 aromatic carbocycles. The lowest BCUT2D eigenvalue weighted by atomic mass is 9.93. The van der Waals surface area contributed by atoms with Gasteiger partial charge in [-0.25, -0.2) is 0 Å². The van der Waals surface area contributed by atoms with Crippen molar-refractivity contribution < 1.29 is 0 Å². The average Bonchev–Trinajstić information content (AvgIpc) is 2.39. The molecule has 1 aromatic rings. The number of nitrogens with zero attached hydrogens (tertiary/aromatic N) is 1. The molecule has 1 heterocycles. The van der Waals surface area contributed by atoms with Crippen molar-refractivity contribution >= 4 is 5.70 Å². The lowest BCUT2D eigenvalue weighted by Gasteiger charge is -2.33. The maximum atomic E-state index is 2.58. The van der Waals surface area contributed by atoms with Gasteiger partial charge in [-0.2, -0.15) is 0 Å². The summed E-state index contributed by atoms with van der Waals surface area (Å²) in [4.78, 5) is 2.58. The Morgan fingerprint density at radius 3 is 2.62 bits per heavy atom. The number of hydrogen-bond donors (Lipinski definition) is 0. The Hall–Kier alpha value is -1.24. The van der Waals surface area contributed by atoms with E-state index in [9.17, 15) is 0 Å². The number of hydrogen-bond acceptors (Lipinski definition) is 1. The molecule has 0 spiro atoms. The Labute approximate surface area is 97.8 Å². The first-order valence-corrected chi connectivity index (χ1v) is 6.48. The minimum absolute atomic E-state index is 1.21. The average molecular weight is 213 g/mol. The molecule has 84 valence electrons. The quantitative estimate of drug-likeness (QED) is 0.690. The second kappa shape index (κ2) is 4.32. The Bertz CT molecular complexity index is 400. The fraction of sp³-hybridized carbons (Fsp3) is 0.467. The van der Waals surface area contributed by atoms with E-state index in [2.05, 4.69) is 35.2 Å².